The molecule has 3 rings (SSSR count). The molecule has 1 atom stereocenters. The Kier molecular flexibility index (Phi) is 8.54. The van der Waals surface area contributed by atoms with Crippen LogP contribution in [0.2, 0.25) is 5.02 Å². The summed E-state index contributed by atoms with van der Waals surface area (Å²) in [6.45, 7) is 3.25. The Labute approximate surface area is 199 Å². The van der Waals surface area contributed by atoms with Gasteiger partial charge < -0.3 is 26.0 Å². The quantitative estimate of drug-likeness (QED) is 0.528. The number of amides is 2. The number of likely N-dealkylation sites (tertiary alicyclic amines) is 1. The van der Waals surface area contributed by atoms with Crippen molar-refractivity contribution in [2.24, 2.45) is 10.7 Å². The van der Waals surface area contributed by atoms with Gasteiger partial charge in [-0.3, -0.25) is 14.6 Å². The van der Waals surface area contributed by atoms with Gasteiger partial charge in [-0.2, -0.15) is 0 Å². The zero-order valence-corrected chi connectivity index (χ0v) is 19.6. The van der Waals surface area contributed by atoms with Crippen molar-refractivity contribution >= 4 is 29.6 Å². The van der Waals surface area contributed by atoms with Crippen molar-refractivity contribution in [1.82, 2.24) is 15.5 Å². The number of rotatable bonds is 7. The summed E-state index contributed by atoms with van der Waals surface area (Å²) in [5, 5.41) is 6.69. The number of nitrogens with two attached hydrogens (primary N) is 1. The Morgan fingerprint density at radius 3 is 2.61 bits per heavy atom. The lowest BCUT2D eigenvalue weighted by Crippen LogP contribution is -2.43. The molecule has 2 amide bonds. The van der Waals surface area contributed by atoms with Crippen LogP contribution in [0.25, 0.3) is 0 Å². The summed E-state index contributed by atoms with van der Waals surface area (Å²) in [5.41, 5.74) is 8.16. The molecule has 0 aliphatic carbocycles. The van der Waals surface area contributed by atoms with Gasteiger partial charge in [-0.25, -0.2) is 0 Å². The minimum absolute atomic E-state index is 0.0660. The predicted octanol–water partition coefficient (Wildman–Crippen LogP) is 2.27. The number of aliphatic imine (C=N–C) groups is 1. The Morgan fingerprint density at radius 2 is 2.00 bits per heavy atom. The third-order valence-electron chi connectivity index (χ3n) is 5.59. The summed E-state index contributed by atoms with van der Waals surface area (Å²) in [7, 11) is 1.66. The number of hydrogen-bond acceptors (Lipinski definition) is 6. The Morgan fingerprint density at radius 1 is 1.30 bits per heavy atom. The molecule has 2 aliphatic heterocycles. The van der Waals surface area contributed by atoms with Gasteiger partial charge in [0.1, 0.15) is 17.9 Å². The molecule has 2 aliphatic rings. The Hall–Kier alpha value is -3.26. The number of piperidine rings is 1. The minimum Gasteiger partial charge on any atom is -0.490 e. The molecule has 33 heavy (non-hydrogen) atoms. The smallest absolute Gasteiger partial charge is 0.246 e. The first-order valence-corrected chi connectivity index (χ1v) is 11.3. The summed E-state index contributed by atoms with van der Waals surface area (Å²) in [6, 6.07) is 6.71. The number of carbonyl (C=O) groups is 2. The van der Waals surface area contributed by atoms with Gasteiger partial charge >= 0.3 is 0 Å². The second-order valence-electron chi connectivity index (χ2n) is 7.91. The first kappa shape index (κ1) is 24.4. The van der Waals surface area contributed by atoms with Gasteiger partial charge in [-0.1, -0.05) is 23.7 Å². The second kappa shape index (κ2) is 11.6. The van der Waals surface area contributed by atoms with E-state index in [1.807, 2.05) is 17.0 Å². The van der Waals surface area contributed by atoms with E-state index in [9.17, 15) is 9.59 Å². The maximum absolute atomic E-state index is 12.8. The van der Waals surface area contributed by atoms with E-state index in [1.165, 1.54) is 6.20 Å². The van der Waals surface area contributed by atoms with Crippen molar-refractivity contribution in [3.63, 3.8) is 0 Å². The van der Waals surface area contributed by atoms with Crippen LogP contribution in [0.5, 0.6) is 0 Å². The summed E-state index contributed by atoms with van der Waals surface area (Å²) < 4.78 is 6.32. The number of nitrogens with one attached hydrogen (secondary N) is 2. The van der Waals surface area contributed by atoms with Crippen molar-refractivity contribution in [3.8, 4) is 0 Å². The second-order valence-corrected chi connectivity index (χ2v) is 8.35. The van der Waals surface area contributed by atoms with E-state index in [4.69, 9.17) is 22.1 Å². The molecular weight excluding hydrogens is 442 g/mol. The maximum atomic E-state index is 12.8. The van der Waals surface area contributed by atoms with Crippen molar-refractivity contribution in [1.29, 1.82) is 0 Å². The van der Waals surface area contributed by atoms with Crippen LogP contribution in [0, 0.1) is 0 Å². The van der Waals surface area contributed by atoms with Gasteiger partial charge in [0.2, 0.25) is 11.8 Å². The van der Waals surface area contributed by atoms with Crippen LogP contribution in [0.15, 0.2) is 64.6 Å². The molecule has 8 nitrogen and oxygen atoms in total. The van der Waals surface area contributed by atoms with Crippen LogP contribution in [-0.2, 0) is 20.9 Å². The van der Waals surface area contributed by atoms with Crippen LogP contribution in [0.3, 0.4) is 0 Å². The topological polar surface area (TPSA) is 109 Å². The molecule has 0 radical (unpaired) electrons. The standard InChI is InChI=1S/C24H30ClN5O3/c1-16(31)30-9-7-20(8-10-30)33-23-11-22(28-15-21(23)18(12-26)14-27-2)24(32)29-13-17-3-5-19(25)6-4-17/h3-6,11-12,14-15,20,22,28H,7-10,13,26H2,1-2H3,(H,29,32). The van der Waals surface area contributed by atoms with Crippen LogP contribution >= 0.6 is 11.6 Å². The zero-order chi connectivity index (χ0) is 23.8. The zero-order valence-electron chi connectivity index (χ0n) is 18.9. The van der Waals surface area contributed by atoms with Gasteiger partial charge in [0.25, 0.3) is 0 Å². The fourth-order valence-electron chi connectivity index (χ4n) is 3.72. The molecule has 0 aromatic heterocycles. The number of ether oxygens (including phenoxy) is 1. The number of allylic oxidation sites excluding steroid dienone is 1. The first-order valence-electron chi connectivity index (χ1n) is 10.9. The van der Waals surface area contributed by atoms with Crippen molar-refractivity contribution in [3.05, 3.63) is 70.2 Å². The Balaban J connectivity index is 1.71. The summed E-state index contributed by atoms with van der Waals surface area (Å²) >= 11 is 5.92. The molecule has 0 spiro atoms. The van der Waals surface area contributed by atoms with Crippen LogP contribution < -0.4 is 16.4 Å². The highest BCUT2D eigenvalue weighted by Gasteiger charge is 2.28. The van der Waals surface area contributed by atoms with E-state index in [2.05, 4.69) is 15.6 Å². The molecule has 2 heterocycles. The van der Waals surface area contributed by atoms with E-state index in [-0.39, 0.29) is 17.9 Å². The highest BCUT2D eigenvalue weighted by Crippen LogP contribution is 2.27. The number of hydrogen-bond donors (Lipinski definition) is 3. The molecule has 1 saturated heterocycles. The molecule has 1 aromatic carbocycles. The average Bonchev–Trinajstić information content (AvgIpc) is 2.82. The van der Waals surface area contributed by atoms with E-state index in [0.717, 1.165) is 11.1 Å². The average molecular weight is 472 g/mol. The molecule has 176 valence electrons. The van der Waals surface area contributed by atoms with Gasteiger partial charge in [-0.15, -0.1) is 0 Å². The number of carbonyl (C=O) groups excluding carboxylic acids is 2. The maximum Gasteiger partial charge on any atom is 0.246 e. The number of nitrogens with zero attached hydrogens (tertiary/aromatic N) is 2. The normalized spacial score (nSPS) is 19.5. The number of benzene rings is 1. The van der Waals surface area contributed by atoms with Gasteiger partial charge in [-0.05, 0) is 23.8 Å². The third-order valence-corrected chi connectivity index (χ3v) is 5.84. The SMILES string of the molecule is CN=CC(=CN)C1=CNC(C(=O)NCc2ccc(Cl)cc2)C=C1OC1CCN(C(C)=O)CC1. The van der Waals surface area contributed by atoms with Crippen LogP contribution in [0.4, 0.5) is 0 Å². The molecule has 4 N–H and O–H groups in total. The molecule has 9 heteroatoms. The molecule has 0 bridgehead atoms. The van der Waals surface area contributed by atoms with Gasteiger partial charge in [0.15, 0.2) is 0 Å². The van der Waals surface area contributed by atoms with E-state index < -0.39 is 6.04 Å². The summed E-state index contributed by atoms with van der Waals surface area (Å²) in [6.07, 6.45) is 7.96. The highest BCUT2D eigenvalue weighted by atomic mass is 35.5. The largest absolute Gasteiger partial charge is 0.490 e. The van der Waals surface area contributed by atoms with Crippen LogP contribution in [-0.4, -0.2) is 55.2 Å². The number of halogens is 1. The van der Waals surface area contributed by atoms with Gasteiger partial charge in [0, 0.05) is 81.2 Å². The Bertz CT molecular complexity index is 976. The lowest BCUT2D eigenvalue weighted by Gasteiger charge is -2.33. The molecular formula is C24H30ClN5O3. The monoisotopic (exact) mass is 471 g/mol. The fraction of sp³-hybridized carbons (Fsp3) is 0.375. The van der Waals surface area contributed by atoms with Gasteiger partial charge in [0.05, 0.1) is 0 Å². The molecule has 0 saturated carbocycles. The third kappa shape index (κ3) is 6.61. The molecule has 1 unspecified atom stereocenters. The predicted molar refractivity (Wildman–Crippen MR) is 129 cm³/mol. The number of dihydropyridines is 1. The van der Waals surface area contributed by atoms with Crippen LogP contribution in [0.1, 0.15) is 25.3 Å². The fourth-order valence-corrected chi connectivity index (χ4v) is 3.85. The van der Waals surface area contributed by atoms with Crippen molar-refractivity contribution < 1.29 is 14.3 Å². The van der Waals surface area contributed by atoms with Crippen molar-refractivity contribution in [2.45, 2.75) is 38.5 Å². The van der Waals surface area contributed by atoms with E-state index in [0.29, 0.717) is 48.8 Å². The lowest BCUT2D eigenvalue weighted by atomic mass is 10.0. The summed E-state index contributed by atoms with van der Waals surface area (Å²) in [5.74, 6) is 0.452. The minimum atomic E-state index is -0.606. The summed E-state index contributed by atoms with van der Waals surface area (Å²) in [4.78, 5) is 30.3. The highest BCUT2D eigenvalue weighted by molar-refractivity contribution is 6.30. The first-order chi connectivity index (χ1) is 15.9. The lowest BCUT2D eigenvalue weighted by molar-refractivity contribution is -0.131. The van der Waals surface area contributed by atoms with Crippen molar-refractivity contribution in [2.75, 3.05) is 20.1 Å². The molecule has 1 aromatic rings. The molecule has 1 fully saturated rings. The van der Waals surface area contributed by atoms with E-state index >= 15 is 0 Å². The van der Waals surface area contributed by atoms with E-state index in [1.54, 1.807) is 44.6 Å².